The number of hydrogen-bond donors (Lipinski definition) is 1. The van der Waals surface area contributed by atoms with Crippen molar-refractivity contribution in [2.75, 3.05) is 20.1 Å². The van der Waals surface area contributed by atoms with Crippen molar-refractivity contribution in [3.05, 3.63) is 11.6 Å². The molecule has 1 amide bonds. The topological polar surface area (TPSA) is 32.3 Å². The van der Waals surface area contributed by atoms with E-state index in [-0.39, 0.29) is 5.91 Å². The number of hydrogen-bond acceptors (Lipinski definition) is 2. The summed E-state index contributed by atoms with van der Waals surface area (Å²) in [6, 6.07) is 0.621. The molecule has 0 aromatic carbocycles. The molecule has 0 heterocycles. The highest BCUT2D eigenvalue weighted by molar-refractivity contribution is 5.78. The summed E-state index contributed by atoms with van der Waals surface area (Å²) in [7, 11) is 2.10. The lowest BCUT2D eigenvalue weighted by atomic mass is 9.94. The monoisotopic (exact) mass is 278 g/mol. The Morgan fingerprint density at radius 3 is 2.75 bits per heavy atom. The molecule has 0 bridgehead atoms. The van der Waals surface area contributed by atoms with Crippen LogP contribution in [0.1, 0.15) is 64.2 Å². The maximum atomic E-state index is 12.0. The second-order valence-corrected chi connectivity index (χ2v) is 6.42. The minimum absolute atomic E-state index is 0.189. The van der Waals surface area contributed by atoms with Crippen molar-refractivity contribution in [2.24, 2.45) is 0 Å². The molecule has 114 valence electrons. The lowest BCUT2D eigenvalue weighted by molar-refractivity contribution is -0.122. The lowest BCUT2D eigenvalue weighted by Crippen LogP contribution is -2.41. The first-order chi connectivity index (χ1) is 9.75. The van der Waals surface area contributed by atoms with Gasteiger partial charge in [0.05, 0.1) is 6.54 Å². The first kappa shape index (κ1) is 15.6. The van der Waals surface area contributed by atoms with E-state index >= 15 is 0 Å². The summed E-state index contributed by atoms with van der Waals surface area (Å²) in [4.78, 5) is 14.2. The van der Waals surface area contributed by atoms with Crippen LogP contribution in [0.2, 0.25) is 0 Å². The molecule has 3 nitrogen and oxygen atoms in total. The van der Waals surface area contributed by atoms with Crippen LogP contribution in [0.5, 0.6) is 0 Å². The number of carbonyl (C=O) groups excluding carboxylic acids is 1. The fourth-order valence-corrected chi connectivity index (χ4v) is 3.43. The van der Waals surface area contributed by atoms with Crippen molar-refractivity contribution in [3.8, 4) is 0 Å². The van der Waals surface area contributed by atoms with E-state index in [4.69, 9.17) is 0 Å². The zero-order chi connectivity index (χ0) is 14.2. The maximum Gasteiger partial charge on any atom is 0.234 e. The van der Waals surface area contributed by atoms with Gasteiger partial charge in [-0.1, -0.05) is 30.9 Å². The molecule has 0 aliphatic heterocycles. The molecule has 0 spiro atoms. The van der Waals surface area contributed by atoms with Crippen LogP contribution in [0.15, 0.2) is 11.6 Å². The quantitative estimate of drug-likeness (QED) is 0.756. The normalized spacial score (nSPS) is 20.8. The Hall–Kier alpha value is -0.830. The van der Waals surface area contributed by atoms with Gasteiger partial charge >= 0.3 is 0 Å². The molecular formula is C17H30N2O. The van der Waals surface area contributed by atoms with E-state index in [0.717, 1.165) is 13.0 Å². The number of allylic oxidation sites excluding steroid dienone is 1. The van der Waals surface area contributed by atoms with Crippen LogP contribution in [0.25, 0.3) is 0 Å². The molecule has 2 aliphatic carbocycles. The van der Waals surface area contributed by atoms with Crippen molar-refractivity contribution < 1.29 is 4.79 Å². The van der Waals surface area contributed by atoms with Crippen LogP contribution >= 0.6 is 0 Å². The second kappa shape index (κ2) is 8.46. The lowest BCUT2D eigenvalue weighted by Gasteiger charge is -2.30. The van der Waals surface area contributed by atoms with Gasteiger partial charge in [0.1, 0.15) is 0 Å². The summed E-state index contributed by atoms with van der Waals surface area (Å²) in [5, 5.41) is 3.08. The van der Waals surface area contributed by atoms with E-state index in [2.05, 4.69) is 23.3 Å². The molecule has 0 aromatic rings. The molecular weight excluding hydrogens is 248 g/mol. The number of nitrogens with one attached hydrogen (secondary N) is 1. The van der Waals surface area contributed by atoms with Crippen LogP contribution < -0.4 is 5.32 Å². The highest BCUT2D eigenvalue weighted by Crippen LogP contribution is 2.21. The molecule has 1 saturated carbocycles. The summed E-state index contributed by atoms with van der Waals surface area (Å²) in [5.74, 6) is 0.189. The molecule has 0 unspecified atom stereocenters. The first-order valence-corrected chi connectivity index (χ1v) is 8.40. The van der Waals surface area contributed by atoms with Crippen molar-refractivity contribution in [1.82, 2.24) is 10.2 Å². The summed E-state index contributed by atoms with van der Waals surface area (Å²) in [6.45, 7) is 1.37. The molecule has 0 radical (unpaired) electrons. The molecule has 2 rings (SSSR count). The van der Waals surface area contributed by atoms with E-state index in [1.807, 2.05) is 0 Å². The summed E-state index contributed by atoms with van der Waals surface area (Å²) in [6.07, 6.45) is 15.1. The van der Waals surface area contributed by atoms with Crippen LogP contribution in [0.3, 0.4) is 0 Å². The maximum absolute atomic E-state index is 12.0. The molecule has 2 aliphatic rings. The highest BCUT2D eigenvalue weighted by Gasteiger charge is 2.19. The van der Waals surface area contributed by atoms with Gasteiger partial charge in [-0.05, 0) is 52.0 Å². The third kappa shape index (κ3) is 5.28. The minimum atomic E-state index is 0.189. The average Bonchev–Trinajstić information content (AvgIpc) is 2.49. The molecule has 0 aromatic heterocycles. The fourth-order valence-electron chi connectivity index (χ4n) is 3.43. The molecule has 1 N–H and O–H groups in total. The van der Waals surface area contributed by atoms with Crippen LogP contribution in [-0.4, -0.2) is 37.0 Å². The molecule has 3 heteroatoms. The number of nitrogens with zero attached hydrogens (tertiary/aromatic N) is 1. The van der Waals surface area contributed by atoms with E-state index in [9.17, 15) is 4.79 Å². The SMILES string of the molecule is CN(CC(=O)NCCC1=CCCCC1)C1CCCCC1. The predicted molar refractivity (Wildman–Crippen MR) is 83.7 cm³/mol. The Bertz CT molecular complexity index is 332. The summed E-state index contributed by atoms with van der Waals surface area (Å²) >= 11 is 0. The van der Waals surface area contributed by atoms with Crippen molar-refractivity contribution in [3.63, 3.8) is 0 Å². The minimum Gasteiger partial charge on any atom is -0.355 e. The Morgan fingerprint density at radius 2 is 2.05 bits per heavy atom. The third-order valence-electron chi connectivity index (χ3n) is 4.74. The van der Waals surface area contributed by atoms with Crippen LogP contribution in [0.4, 0.5) is 0 Å². The highest BCUT2D eigenvalue weighted by atomic mass is 16.2. The Labute approximate surface area is 123 Å². The summed E-state index contributed by atoms with van der Waals surface area (Å²) in [5.41, 5.74) is 1.54. The van der Waals surface area contributed by atoms with Crippen LogP contribution in [0, 0.1) is 0 Å². The van der Waals surface area contributed by atoms with Gasteiger partial charge < -0.3 is 5.32 Å². The number of likely N-dealkylation sites (N-methyl/N-ethyl adjacent to an activating group) is 1. The second-order valence-electron chi connectivity index (χ2n) is 6.42. The molecule has 0 saturated heterocycles. The zero-order valence-electron chi connectivity index (χ0n) is 13.0. The Balaban J connectivity index is 1.60. The van der Waals surface area contributed by atoms with E-state index in [0.29, 0.717) is 12.6 Å². The number of carbonyl (C=O) groups is 1. The van der Waals surface area contributed by atoms with Crippen LogP contribution in [-0.2, 0) is 4.79 Å². The van der Waals surface area contributed by atoms with Gasteiger partial charge in [-0.25, -0.2) is 0 Å². The van der Waals surface area contributed by atoms with Gasteiger partial charge in [0, 0.05) is 12.6 Å². The van der Waals surface area contributed by atoms with Gasteiger partial charge in [-0.3, -0.25) is 9.69 Å². The van der Waals surface area contributed by atoms with E-state index in [1.54, 1.807) is 0 Å². The number of rotatable bonds is 6. The third-order valence-corrected chi connectivity index (χ3v) is 4.74. The standard InChI is InChI=1S/C17H30N2O/c1-19(16-10-6-3-7-11-16)14-17(20)18-13-12-15-8-4-2-5-9-15/h8,16H,2-7,9-14H2,1H3,(H,18,20). The van der Waals surface area contributed by atoms with Gasteiger partial charge in [0.15, 0.2) is 0 Å². The van der Waals surface area contributed by atoms with Gasteiger partial charge in [0.2, 0.25) is 5.91 Å². The molecule has 20 heavy (non-hydrogen) atoms. The van der Waals surface area contributed by atoms with Crippen molar-refractivity contribution >= 4 is 5.91 Å². The first-order valence-electron chi connectivity index (χ1n) is 8.40. The molecule has 1 fully saturated rings. The molecule has 0 atom stereocenters. The smallest absolute Gasteiger partial charge is 0.234 e. The van der Waals surface area contributed by atoms with E-state index < -0.39 is 0 Å². The van der Waals surface area contributed by atoms with Gasteiger partial charge in [0.25, 0.3) is 0 Å². The van der Waals surface area contributed by atoms with Crippen molar-refractivity contribution in [2.45, 2.75) is 70.3 Å². The summed E-state index contributed by atoms with van der Waals surface area (Å²) < 4.78 is 0. The van der Waals surface area contributed by atoms with Gasteiger partial charge in [-0.2, -0.15) is 0 Å². The number of amides is 1. The zero-order valence-corrected chi connectivity index (χ0v) is 13.0. The van der Waals surface area contributed by atoms with Crippen molar-refractivity contribution in [1.29, 1.82) is 0 Å². The fraction of sp³-hybridized carbons (Fsp3) is 0.824. The predicted octanol–water partition coefficient (Wildman–Crippen LogP) is 3.26. The van der Waals surface area contributed by atoms with E-state index in [1.165, 1.54) is 63.4 Å². The average molecular weight is 278 g/mol. The Morgan fingerprint density at radius 1 is 1.25 bits per heavy atom. The van der Waals surface area contributed by atoms with Gasteiger partial charge in [-0.15, -0.1) is 0 Å². The Kier molecular flexibility index (Phi) is 6.58. The largest absolute Gasteiger partial charge is 0.355 e.